The number of nitrogens with one attached hydrogen (secondary N) is 1. The summed E-state index contributed by atoms with van der Waals surface area (Å²) < 4.78 is 0. The standard InChI is InChI=1S/C15H25NS/c1-13(15-6-4-2-3-5-7-15)16-10-8-14-9-11-17-12-14/h9,11-13,15-16H,2-8,10H2,1H3/t13-/m1/s1. The Labute approximate surface area is 110 Å². The minimum absolute atomic E-state index is 0.701. The van der Waals surface area contributed by atoms with Gasteiger partial charge in [0.2, 0.25) is 0 Å². The Morgan fingerprint density at radius 2 is 2.06 bits per heavy atom. The Kier molecular flexibility index (Phi) is 5.53. The van der Waals surface area contributed by atoms with Crippen molar-refractivity contribution in [1.82, 2.24) is 5.32 Å². The number of rotatable bonds is 5. The van der Waals surface area contributed by atoms with Gasteiger partial charge in [-0.05, 0) is 61.0 Å². The minimum atomic E-state index is 0.701. The molecule has 0 saturated heterocycles. The monoisotopic (exact) mass is 251 g/mol. The fourth-order valence-electron chi connectivity index (χ4n) is 2.86. The van der Waals surface area contributed by atoms with E-state index in [9.17, 15) is 0 Å². The fourth-order valence-corrected chi connectivity index (χ4v) is 3.56. The average Bonchev–Trinajstić information content (AvgIpc) is 2.69. The topological polar surface area (TPSA) is 12.0 Å². The second-order valence-corrected chi connectivity index (χ2v) is 6.16. The fraction of sp³-hybridized carbons (Fsp3) is 0.733. The van der Waals surface area contributed by atoms with Gasteiger partial charge in [-0.2, -0.15) is 11.3 Å². The Bertz CT molecular complexity index is 286. The molecule has 96 valence electrons. The van der Waals surface area contributed by atoms with Crippen molar-refractivity contribution in [1.29, 1.82) is 0 Å². The third-order valence-electron chi connectivity index (χ3n) is 4.07. The average molecular weight is 251 g/mol. The summed E-state index contributed by atoms with van der Waals surface area (Å²) in [6, 6.07) is 2.94. The van der Waals surface area contributed by atoms with Gasteiger partial charge in [0.25, 0.3) is 0 Å². The first-order valence-corrected chi connectivity index (χ1v) is 8.05. The smallest absolute Gasteiger partial charge is 0.00671 e. The third kappa shape index (κ3) is 4.44. The van der Waals surface area contributed by atoms with Crippen molar-refractivity contribution in [2.75, 3.05) is 6.54 Å². The molecular formula is C15H25NS. The van der Waals surface area contributed by atoms with E-state index in [1.54, 1.807) is 11.3 Å². The van der Waals surface area contributed by atoms with Crippen LogP contribution in [0.3, 0.4) is 0 Å². The van der Waals surface area contributed by atoms with Crippen LogP contribution in [0.1, 0.15) is 51.0 Å². The van der Waals surface area contributed by atoms with E-state index >= 15 is 0 Å². The van der Waals surface area contributed by atoms with E-state index in [2.05, 4.69) is 29.1 Å². The van der Waals surface area contributed by atoms with Gasteiger partial charge in [0.1, 0.15) is 0 Å². The molecule has 1 aromatic rings. The Morgan fingerprint density at radius 1 is 1.29 bits per heavy atom. The minimum Gasteiger partial charge on any atom is -0.314 e. The first-order chi connectivity index (χ1) is 8.36. The molecule has 0 aromatic carbocycles. The highest BCUT2D eigenvalue weighted by atomic mass is 32.1. The summed E-state index contributed by atoms with van der Waals surface area (Å²) in [6.45, 7) is 3.51. The van der Waals surface area contributed by atoms with Crippen LogP contribution in [0, 0.1) is 5.92 Å². The second-order valence-electron chi connectivity index (χ2n) is 5.38. The molecule has 2 rings (SSSR count). The van der Waals surface area contributed by atoms with Crippen molar-refractivity contribution >= 4 is 11.3 Å². The van der Waals surface area contributed by atoms with Gasteiger partial charge < -0.3 is 5.32 Å². The Balaban J connectivity index is 1.67. The zero-order valence-corrected chi connectivity index (χ0v) is 11.8. The molecule has 17 heavy (non-hydrogen) atoms. The molecule has 0 amide bonds. The van der Waals surface area contributed by atoms with E-state index < -0.39 is 0 Å². The van der Waals surface area contributed by atoms with Crippen LogP contribution in [0.4, 0.5) is 0 Å². The summed E-state index contributed by atoms with van der Waals surface area (Å²) in [5.74, 6) is 0.917. The molecule has 1 nitrogen and oxygen atoms in total. The normalized spacial score (nSPS) is 20.1. The molecule has 1 aromatic heterocycles. The maximum Gasteiger partial charge on any atom is 0.00671 e. The maximum absolute atomic E-state index is 3.72. The SMILES string of the molecule is C[C@@H](NCCc1ccsc1)C1CCCCCC1. The Morgan fingerprint density at radius 3 is 2.71 bits per heavy atom. The predicted molar refractivity (Wildman–Crippen MR) is 76.7 cm³/mol. The van der Waals surface area contributed by atoms with E-state index in [-0.39, 0.29) is 0 Å². The van der Waals surface area contributed by atoms with Crippen LogP contribution in [-0.2, 0) is 6.42 Å². The summed E-state index contributed by atoms with van der Waals surface area (Å²) in [5, 5.41) is 8.16. The van der Waals surface area contributed by atoms with Crippen molar-refractivity contribution in [3.63, 3.8) is 0 Å². The van der Waals surface area contributed by atoms with Gasteiger partial charge >= 0.3 is 0 Å². The van der Waals surface area contributed by atoms with Gasteiger partial charge in [-0.15, -0.1) is 0 Å². The zero-order chi connectivity index (χ0) is 11.9. The summed E-state index contributed by atoms with van der Waals surface area (Å²) in [4.78, 5) is 0. The molecule has 1 aliphatic carbocycles. The molecule has 1 aliphatic rings. The predicted octanol–water partition coefficient (Wildman–Crippen LogP) is 4.24. The van der Waals surface area contributed by atoms with Gasteiger partial charge in [0.05, 0.1) is 0 Å². The molecule has 1 saturated carbocycles. The van der Waals surface area contributed by atoms with Crippen LogP contribution in [0.25, 0.3) is 0 Å². The molecule has 1 heterocycles. The molecule has 1 atom stereocenters. The van der Waals surface area contributed by atoms with Crippen LogP contribution in [0.5, 0.6) is 0 Å². The molecule has 1 fully saturated rings. The summed E-state index contributed by atoms with van der Waals surface area (Å²) in [7, 11) is 0. The lowest BCUT2D eigenvalue weighted by molar-refractivity contribution is 0.339. The van der Waals surface area contributed by atoms with E-state index in [1.165, 1.54) is 50.5 Å². The molecule has 0 aliphatic heterocycles. The van der Waals surface area contributed by atoms with E-state index in [1.807, 2.05) is 0 Å². The number of hydrogen-bond acceptors (Lipinski definition) is 2. The van der Waals surface area contributed by atoms with Crippen LogP contribution in [0.15, 0.2) is 16.8 Å². The van der Waals surface area contributed by atoms with Crippen LogP contribution in [-0.4, -0.2) is 12.6 Å². The van der Waals surface area contributed by atoms with Gasteiger partial charge in [-0.1, -0.05) is 25.7 Å². The van der Waals surface area contributed by atoms with Crippen molar-refractivity contribution in [2.45, 2.75) is 57.9 Å². The molecular weight excluding hydrogens is 226 g/mol. The maximum atomic E-state index is 3.72. The summed E-state index contributed by atoms with van der Waals surface area (Å²) in [5.41, 5.74) is 1.48. The molecule has 0 unspecified atom stereocenters. The molecule has 1 N–H and O–H groups in total. The first kappa shape index (κ1) is 13.1. The van der Waals surface area contributed by atoms with Crippen LogP contribution >= 0.6 is 11.3 Å². The van der Waals surface area contributed by atoms with E-state index in [0.717, 1.165) is 12.5 Å². The molecule has 2 heteroatoms. The van der Waals surface area contributed by atoms with Crippen LogP contribution < -0.4 is 5.32 Å². The summed E-state index contributed by atoms with van der Waals surface area (Å²) >= 11 is 1.80. The first-order valence-electron chi connectivity index (χ1n) is 7.11. The second kappa shape index (κ2) is 7.17. The largest absolute Gasteiger partial charge is 0.314 e. The lowest BCUT2D eigenvalue weighted by Crippen LogP contribution is -2.34. The lowest BCUT2D eigenvalue weighted by Gasteiger charge is -2.23. The van der Waals surface area contributed by atoms with Crippen LogP contribution in [0.2, 0.25) is 0 Å². The van der Waals surface area contributed by atoms with Gasteiger partial charge in [0.15, 0.2) is 0 Å². The lowest BCUT2D eigenvalue weighted by atomic mass is 9.93. The Hall–Kier alpha value is -0.340. The van der Waals surface area contributed by atoms with Crippen molar-refractivity contribution < 1.29 is 0 Å². The highest BCUT2D eigenvalue weighted by Crippen LogP contribution is 2.25. The number of thiophene rings is 1. The van der Waals surface area contributed by atoms with Gasteiger partial charge in [-0.25, -0.2) is 0 Å². The van der Waals surface area contributed by atoms with E-state index in [0.29, 0.717) is 6.04 Å². The highest BCUT2D eigenvalue weighted by Gasteiger charge is 2.18. The van der Waals surface area contributed by atoms with Crippen molar-refractivity contribution in [2.24, 2.45) is 5.92 Å². The van der Waals surface area contributed by atoms with Crippen molar-refractivity contribution in [3.8, 4) is 0 Å². The van der Waals surface area contributed by atoms with Gasteiger partial charge in [-0.3, -0.25) is 0 Å². The summed E-state index contributed by atoms with van der Waals surface area (Å²) in [6.07, 6.45) is 9.86. The van der Waals surface area contributed by atoms with Gasteiger partial charge in [0, 0.05) is 6.04 Å². The number of hydrogen-bond donors (Lipinski definition) is 1. The quantitative estimate of drug-likeness (QED) is 0.772. The molecule has 0 spiro atoms. The highest BCUT2D eigenvalue weighted by molar-refractivity contribution is 7.07. The zero-order valence-electron chi connectivity index (χ0n) is 11.0. The molecule has 0 bridgehead atoms. The van der Waals surface area contributed by atoms with Crippen molar-refractivity contribution in [3.05, 3.63) is 22.4 Å². The third-order valence-corrected chi connectivity index (χ3v) is 4.80. The molecule has 0 radical (unpaired) electrons. The van der Waals surface area contributed by atoms with E-state index in [4.69, 9.17) is 0 Å².